The summed E-state index contributed by atoms with van der Waals surface area (Å²) in [5.74, 6) is -2.02. The Balaban J connectivity index is 2.42. The van der Waals surface area contributed by atoms with Gasteiger partial charge in [-0.05, 0) is 60.6 Å². The highest BCUT2D eigenvalue weighted by Crippen LogP contribution is 2.58. The van der Waals surface area contributed by atoms with Crippen molar-refractivity contribution in [3.05, 3.63) is 108 Å². The second-order valence-corrected chi connectivity index (χ2v) is 7.93. The van der Waals surface area contributed by atoms with Crippen LogP contribution in [0.25, 0.3) is 0 Å². The highest BCUT2D eigenvalue weighted by molar-refractivity contribution is 5.91. The molecule has 0 bridgehead atoms. The molecular weight excluding hydrogens is 376 g/mol. The molecule has 0 spiro atoms. The summed E-state index contributed by atoms with van der Waals surface area (Å²) in [7, 11) is 0. The molecule has 0 aliphatic heterocycles. The molecule has 2 aromatic carbocycles. The second-order valence-electron chi connectivity index (χ2n) is 7.93. The Labute approximate surface area is 176 Å². The predicted octanol–water partition coefficient (Wildman–Crippen LogP) is 5.74. The minimum Gasteiger partial charge on any atom is -0.478 e. The molecule has 1 atom stereocenters. The lowest BCUT2D eigenvalue weighted by Gasteiger charge is -2.35. The van der Waals surface area contributed by atoms with Crippen LogP contribution in [0.3, 0.4) is 0 Å². The van der Waals surface area contributed by atoms with Crippen LogP contribution in [0, 0.1) is 0 Å². The number of aromatic carboxylic acids is 2. The van der Waals surface area contributed by atoms with E-state index in [0.29, 0.717) is 31.2 Å². The van der Waals surface area contributed by atoms with Crippen LogP contribution in [0.15, 0.2) is 80.4 Å². The molecule has 0 heterocycles. The highest BCUT2D eigenvalue weighted by atomic mass is 16.4. The molecule has 1 aliphatic carbocycles. The lowest BCUT2D eigenvalue weighted by Crippen LogP contribution is -2.31. The van der Waals surface area contributed by atoms with Crippen molar-refractivity contribution in [2.75, 3.05) is 0 Å². The first-order valence-electron chi connectivity index (χ1n) is 9.89. The third-order valence-corrected chi connectivity index (χ3v) is 6.23. The van der Waals surface area contributed by atoms with Gasteiger partial charge in [0, 0.05) is 10.8 Å². The van der Waals surface area contributed by atoms with Gasteiger partial charge < -0.3 is 10.2 Å². The average molecular weight is 402 g/mol. The average Bonchev–Trinajstić information content (AvgIpc) is 2.99. The maximum atomic E-state index is 12.1. The normalized spacial score (nSPS) is 18.9. The van der Waals surface area contributed by atoms with Crippen molar-refractivity contribution in [3.63, 3.8) is 0 Å². The molecule has 0 amide bonds. The van der Waals surface area contributed by atoms with Crippen molar-refractivity contribution >= 4 is 11.9 Å². The number of hydrogen-bond acceptors (Lipinski definition) is 2. The molecule has 154 valence electrons. The summed E-state index contributed by atoms with van der Waals surface area (Å²) in [6.45, 7) is 11.8. The molecule has 2 aromatic rings. The standard InChI is InChI=1S/C26H26O4/c1-4-13-25(14-5-2)17-26(15-6-3,20-10-8-7-9-19(20)24(29)30)22-16-18(23(27)28)11-12-21(22)25/h4-12,16H,1-3,13-15,17H2,(H,27,28)(H,29,30). The fourth-order valence-electron chi connectivity index (χ4n) is 5.17. The van der Waals surface area contributed by atoms with Gasteiger partial charge in [-0.1, -0.05) is 42.5 Å². The van der Waals surface area contributed by atoms with E-state index in [-0.39, 0.29) is 16.5 Å². The van der Waals surface area contributed by atoms with Gasteiger partial charge in [-0.15, -0.1) is 19.7 Å². The molecule has 1 unspecified atom stereocenters. The largest absolute Gasteiger partial charge is 0.478 e. The molecule has 2 N–H and O–H groups in total. The lowest BCUT2D eigenvalue weighted by atomic mass is 9.67. The van der Waals surface area contributed by atoms with Crippen molar-refractivity contribution in [2.45, 2.75) is 36.5 Å². The minimum atomic E-state index is -1.01. The number of fused-ring (bicyclic) bond motifs is 1. The Morgan fingerprint density at radius 3 is 2.03 bits per heavy atom. The van der Waals surface area contributed by atoms with Crippen molar-refractivity contribution in [3.8, 4) is 0 Å². The molecule has 4 heteroatoms. The predicted molar refractivity (Wildman–Crippen MR) is 118 cm³/mol. The molecule has 30 heavy (non-hydrogen) atoms. The van der Waals surface area contributed by atoms with E-state index >= 15 is 0 Å². The number of carbonyl (C=O) groups is 2. The number of carboxylic acid groups (broad SMARTS) is 2. The van der Waals surface area contributed by atoms with Crippen LogP contribution in [0.5, 0.6) is 0 Å². The zero-order valence-electron chi connectivity index (χ0n) is 16.9. The molecule has 3 rings (SSSR count). The summed E-state index contributed by atoms with van der Waals surface area (Å²) < 4.78 is 0. The summed E-state index contributed by atoms with van der Waals surface area (Å²) in [5, 5.41) is 19.5. The molecule has 1 aliphatic rings. The summed E-state index contributed by atoms with van der Waals surface area (Å²) in [5.41, 5.74) is 1.90. The Bertz CT molecular complexity index is 1020. The van der Waals surface area contributed by atoms with Crippen LogP contribution >= 0.6 is 0 Å². The first kappa shape index (κ1) is 21.3. The van der Waals surface area contributed by atoms with Crippen LogP contribution in [0.4, 0.5) is 0 Å². The van der Waals surface area contributed by atoms with Crippen molar-refractivity contribution in [2.24, 2.45) is 0 Å². The topological polar surface area (TPSA) is 74.6 Å². The SMILES string of the molecule is C=CCC1(CC=C)CC(CC=C)(c2ccccc2C(=O)O)c2cc(C(=O)O)ccc21. The molecule has 0 saturated heterocycles. The maximum Gasteiger partial charge on any atom is 0.335 e. The van der Waals surface area contributed by atoms with Gasteiger partial charge in [0.25, 0.3) is 0 Å². The lowest BCUT2D eigenvalue weighted by molar-refractivity contribution is 0.0683. The molecular formula is C26H26O4. The van der Waals surface area contributed by atoms with Crippen molar-refractivity contribution in [1.82, 2.24) is 0 Å². The molecule has 0 saturated carbocycles. The number of hydrogen-bond donors (Lipinski definition) is 2. The summed E-state index contributed by atoms with van der Waals surface area (Å²) >= 11 is 0. The highest BCUT2D eigenvalue weighted by Gasteiger charge is 2.52. The Morgan fingerprint density at radius 1 is 0.833 bits per heavy atom. The van der Waals surface area contributed by atoms with E-state index in [2.05, 4.69) is 19.7 Å². The smallest absolute Gasteiger partial charge is 0.335 e. The number of rotatable bonds is 9. The summed E-state index contributed by atoms with van der Waals surface area (Å²) in [6, 6.07) is 12.2. The van der Waals surface area contributed by atoms with Gasteiger partial charge >= 0.3 is 11.9 Å². The van der Waals surface area contributed by atoms with Crippen molar-refractivity contribution < 1.29 is 19.8 Å². The van der Waals surface area contributed by atoms with Gasteiger partial charge in [0.05, 0.1) is 11.1 Å². The Morgan fingerprint density at radius 2 is 1.47 bits per heavy atom. The van der Waals surface area contributed by atoms with E-state index < -0.39 is 17.4 Å². The van der Waals surface area contributed by atoms with E-state index in [0.717, 1.165) is 11.1 Å². The third-order valence-electron chi connectivity index (χ3n) is 6.23. The van der Waals surface area contributed by atoms with Crippen LogP contribution in [-0.2, 0) is 10.8 Å². The second kappa shape index (κ2) is 8.15. The zero-order chi connectivity index (χ0) is 21.9. The quantitative estimate of drug-likeness (QED) is 0.525. The summed E-state index contributed by atoms with van der Waals surface area (Å²) in [4.78, 5) is 23.8. The Hall–Kier alpha value is -3.40. The fourth-order valence-corrected chi connectivity index (χ4v) is 5.17. The molecule has 0 aromatic heterocycles. The first-order chi connectivity index (χ1) is 14.3. The number of allylic oxidation sites excluding steroid dienone is 3. The maximum absolute atomic E-state index is 12.1. The molecule has 4 nitrogen and oxygen atoms in total. The first-order valence-corrected chi connectivity index (χ1v) is 9.89. The van der Waals surface area contributed by atoms with E-state index in [1.54, 1.807) is 30.3 Å². The molecule has 0 fully saturated rings. The van der Waals surface area contributed by atoms with E-state index in [1.807, 2.05) is 30.4 Å². The zero-order valence-corrected chi connectivity index (χ0v) is 16.9. The van der Waals surface area contributed by atoms with E-state index in [1.165, 1.54) is 0 Å². The van der Waals surface area contributed by atoms with Gasteiger partial charge in [-0.2, -0.15) is 0 Å². The number of benzene rings is 2. The monoisotopic (exact) mass is 402 g/mol. The van der Waals surface area contributed by atoms with Crippen LogP contribution in [0.2, 0.25) is 0 Å². The van der Waals surface area contributed by atoms with Gasteiger partial charge in [-0.25, -0.2) is 9.59 Å². The van der Waals surface area contributed by atoms with E-state index in [4.69, 9.17) is 0 Å². The van der Waals surface area contributed by atoms with Gasteiger partial charge in [0.1, 0.15) is 0 Å². The fraction of sp³-hybridized carbons (Fsp3) is 0.231. The van der Waals surface area contributed by atoms with Gasteiger partial charge in [0.15, 0.2) is 0 Å². The van der Waals surface area contributed by atoms with Crippen LogP contribution in [0.1, 0.15) is 63.1 Å². The van der Waals surface area contributed by atoms with Gasteiger partial charge in [-0.3, -0.25) is 0 Å². The molecule has 0 radical (unpaired) electrons. The van der Waals surface area contributed by atoms with Gasteiger partial charge in [0.2, 0.25) is 0 Å². The third kappa shape index (κ3) is 3.28. The summed E-state index contributed by atoms with van der Waals surface area (Å²) in [6.07, 6.45) is 7.97. The van der Waals surface area contributed by atoms with Crippen LogP contribution < -0.4 is 0 Å². The van der Waals surface area contributed by atoms with Crippen molar-refractivity contribution in [1.29, 1.82) is 0 Å². The van der Waals surface area contributed by atoms with E-state index in [9.17, 15) is 19.8 Å². The number of carboxylic acids is 2. The van der Waals surface area contributed by atoms with Crippen LogP contribution in [-0.4, -0.2) is 22.2 Å². The minimum absolute atomic E-state index is 0.183. The Kier molecular flexibility index (Phi) is 5.79.